The molecule has 1 heterocycles. The molecule has 0 unspecified atom stereocenters. The summed E-state index contributed by atoms with van der Waals surface area (Å²) in [6.45, 7) is 18.4. The molecule has 5 heteroatoms. The van der Waals surface area contributed by atoms with Crippen LogP contribution < -0.4 is 0 Å². The molecule has 1 aromatic heterocycles. The highest BCUT2D eigenvalue weighted by atomic mass is 16.5. The van der Waals surface area contributed by atoms with Crippen LogP contribution in [0.5, 0.6) is 0 Å². The molecule has 0 bridgehead atoms. The molecule has 0 N–H and O–H groups in total. The fourth-order valence-corrected chi connectivity index (χ4v) is 11.0. The lowest BCUT2D eigenvalue weighted by Crippen LogP contribution is -2.66. The molecule has 5 aliphatic carbocycles. The maximum atomic E-state index is 14.6. The van der Waals surface area contributed by atoms with E-state index in [9.17, 15) is 9.59 Å². The van der Waals surface area contributed by atoms with Gasteiger partial charge < -0.3 is 4.52 Å². The third-order valence-electron chi connectivity index (χ3n) is 13.6. The summed E-state index contributed by atoms with van der Waals surface area (Å²) < 4.78 is 5.92. The Hall–Kier alpha value is -1.78. The van der Waals surface area contributed by atoms with Gasteiger partial charge in [0.1, 0.15) is 5.78 Å². The highest BCUT2D eigenvalue weighted by Crippen LogP contribution is 2.75. The van der Waals surface area contributed by atoms with Crippen molar-refractivity contribution in [2.45, 2.75) is 125 Å². The number of fused-ring (bicyclic) bond motifs is 7. The van der Waals surface area contributed by atoms with E-state index in [-0.39, 0.29) is 44.3 Å². The van der Waals surface area contributed by atoms with Crippen molar-refractivity contribution < 1.29 is 14.1 Å². The van der Waals surface area contributed by atoms with E-state index >= 15 is 0 Å². The summed E-state index contributed by atoms with van der Waals surface area (Å²) in [5, 5.41) is 4.21. The third kappa shape index (κ3) is 3.11. The van der Waals surface area contributed by atoms with Crippen molar-refractivity contribution in [3.05, 3.63) is 23.4 Å². The second-order valence-electron chi connectivity index (χ2n) is 15.7. The van der Waals surface area contributed by atoms with Crippen LogP contribution >= 0.6 is 0 Å². The monoisotopic (exact) mass is 520 g/mol. The summed E-state index contributed by atoms with van der Waals surface area (Å²) in [7, 11) is 0. The van der Waals surface area contributed by atoms with E-state index in [4.69, 9.17) is 9.51 Å². The van der Waals surface area contributed by atoms with Gasteiger partial charge in [0, 0.05) is 17.8 Å². The number of nitrogens with zero attached hydrogens (tertiary/aromatic N) is 2. The summed E-state index contributed by atoms with van der Waals surface area (Å²) in [5.74, 6) is 2.68. The number of carbonyl (C=O) groups excluding carboxylic acids is 2. The van der Waals surface area contributed by atoms with Crippen molar-refractivity contribution in [1.82, 2.24) is 10.1 Å². The average Bonchev–Trinajstić information content (AvgIpc) is 3.29. The normalized spacial score (nSPS) is 47.9. The van der Waals surface area contributed by atoms with Crippen LogP contribution in [0.15, 0.2) is 16.2 Å². The lowest BCUT2D eigenvalue weighted by atomic mass is 9.33. The lowest BCUT2D eigenvalue weighted by Gasteiger charge is -2.69. The second kappa shape index (κ2) is 7.91. The van der Waals surface area contributed by atoms with Gasteiger partial charge >= 0.3 is 0 Å². The molecular formula is C33H48N2O3. The number of aromatic nitrogens is 2. The van der Waals surface area contributed by atoms with E-state index in [1.54, 1.807) is 0 Å². The van der Waals surface area contributed by atoms with Gasteiger partial charge in [-0.1, -0.05) is 59.2 Å². The number of hydrogen-bond acceptors (Lipinski definition) is 5. The second-order valence-corrected chi connectivity index (χ2v) is 15.7. The van der Waals surface area contributed by atoms with Crippen LogP contribution in [0.25, 0.3) is 0 Å². The molecular weight excluding hydrogens is 472 g/mol. The predicted molar refractivity (Wildman–Crippen MR) is 147 cm³/mol. The third-order valence-corrected chi connectivity index (χ3v) is 13.6. The summed E-state index contributed by atoms with van der Waals surface area (Å²) in [6, 6.07) is 0. The number of ketones is 2. The van der Waals surface area contributed by atoms with Crippen molar-refractivity contribution in [2.24, 2.45) is 44.8 Å². The number of allylic oxidation sites excluding steroid dienone is 2. The van der Waals surface area contributed by atoms with Crippen LogP contribution in [0.2, 0.25) is 0 Å². The Kier molecular flexibility index (Phi) is 5.50. The molecule has 4 saturated carbocycles. The van der Waals surface area contributed by atoms with Gasteiger partial charge in [-0.05, 0) is 104 Å². The van der Waals surface area contributed by atoms with Gasteiger partial charge in [0.25, 0.3) is 0 Å². The summed E-state index contributed by atoms with van der Waals surface area (Å²) >= 11 is 0. The van der Waals surface area contributed by atoms with Crippen molar-refractivity contribution >= 4 is 11.6 Å². The Morgan fingerprint density at radius 2 is 1.68 bits per heavy atom. The number of hydrogen-bond donors (Lipinski definition) is 0. The molecule has 5 nitrogen and oxygen atoms in total. The van der Waals surface area contributed by atoms with E-state index in [1.807, 2.05) is 6.92 Å². The molecule has 0 radical (unpaired) electrons. The van der Waals surface area contributed by atoms with Crippen LogP contribution in [0.1, 0.15) is 124 Å². The maximum absolute atomic E-state index is 14.6. The standard InChI is InChI=1S/C33H48N2O3/c1-9-29(5)23-10-13-31(7)24(30(23,6)12-11-25(29)37)18-22(36)26-21-19-28(3,4)14-16-33(21,17-15-32(26,31)8)27-34-20(2)35-38-27/h18,21,23,26H,9-17,19H2,1-8H3/t21-,23-,26-,29-,30-,31+,32+,33-/m0/s1. The zero-order valence-electron chi connectivity index (χ0n) is 25.0. The first-order valence-electron chi connectivity index (χ1n) is 15.3. The quantitative estimate of drug-likeness (QED) is 0.402. The van der Waals surface area contributed by atoms with E-state index < -0.39 is 0 Å². The molecule has 6 rings (SSSR count). The summed E-state index contributed by atoms with van der Waals surface area (Å²) in [4.78, 5) is 32.6. The average molecular weight is 521 g/mol. The number of carbonyl (C=O) groups is 2. The molecule has 0 aromatic carbocycles. The lowest BCUT2D eigenvalue weighted by molar-refractivity contribution is -0.168. The van der Waals surface area contributed by atoms with Crippen LogP contribution in [0.4, 0.5) is 0 Å². The molecule has 0 amide bonds. The highest BCUT2D eigenvalue weighted by Gasteiger charge is 2.71. The van der Waals surface area contributed by atoms with Crippen molar-refractivity contribution in [3.63, 3.8) is 0 Å². The van der Waals surface area contributed by atoms with Gasteiger partial charge in [-0.25, -0.2) is 0 Å². The van der Waals surface area contributed by atoms with Crippen LogP contribution in [0, 0.1) is 51.8 Å². The van der Waals surface area contributed by atoms with Crippen LogP contribution in [-0.2, 0) is 15.0 Å². The first-order chi connectivity index (χ1) is 17.7. The SMILES string of the molecule is CC[C@]1(C)C(=O)CC[C@]2(C)C3=CC(=O)[C@@H]4[C@@H]5CC(C)(C)CC[C@]5(c5nc(C)no5)CC[C@@]4(C)[C@]3(C)CC[C@@H]12. The molecule has 0 aliphatic heterocycles. The number of aryl methyl sites for hydroxylation is 1. The van der Waals surface area contributed by atoms with E-state index in [2.05, 4.69) is 59.7 Å². The molecule has 1 aromatic rings. The minimum atomic E-state index is -0.291. The minimum absolute atomic E-state index is 0.0419. The van der Waals surface area contributed by atoms with E-state index in [0.29, 0.717) is 29.7 Å². The first kappa shape index (κ1) is 26.4. The largest absolute Gasteiger partial charge is 0.339 e. The highest BCUT2D eigenvalue weighted by molar-refractivity contribution is 5.96. The smallest absolute Gasteiger partial charge is 0.233 e. The van der Waals surface area contributed by atoms with Crippen molar-refractivity contribution in [3.8, 4) is 0 Å². The van der Waals surface area contributed by atoms with E-state index in [0.717, 1.165) is 63.7 Å². The first-order valence-corrected chi connectivity index (χ1v) is 15.3. The Labute approximate surface area is 229 Å². The van der Waals surface area contributed by atoms with Crippen LogP contribution in [-0.4, -0.2) is 21.7 Å². The van der Waals surface area contributed by atoms with E-state index in [1.165, 1.54) is 5.57 Å². The topological polar surface area (TPSA) is 73.1 Å². The molecule has 4 fully saturated rings. The molecule has 38 heavy (non-hydrogen) atoms. The molecule has 5 aliphatic rings. The van der Waals surface area contributed by atoms with Crippen molar-refractivity contribution in [2.75, 3.05) is 0 Å². The Bertz CT molecular complexity index is 1230. The van der Waals surface area contributed by atoms with Crippen molar-refractivity contribution in [1.29, 1.82) is 0 Å². The van der Waals surface area contributed by atoms with Gasteiger partial charge in [-0.2, -0.15) is 4.98 Å². The maximum Gasteiger partial charge on any atom is 0.233 e. The Morgan fingerprint density at radius 3 is 2.34 bits per heavy atom. The van der Waals surface area contributed by atoms with Gasteiger partial charge in [-0.15, -0.1) is 0 Å². The fourth-order valence-electron chi connectivity index (χ4n) is 11.0. The van der Waals surface area contributed by atoms with Gasteiger partial charge in [0.15, 0.2) is 11.6 Å². The predicted octanol–water partition coefficient (Wildman–Crippen LogP) is 7.57. The Balaban J connectivity index is 1.50. The summed E-state index contributed by atoms with van der Waals surface area (Å²) in [5.41, 5.74) is 0.779. The fraction of sp³-hybridized carbons (Fsp3) is 0.818. The van der Waals surface area contributed by atoms with Gasteiger partial charge in [0.2, 0.25) is 5.89 Å². The zero-order chi connectivity index (χ0) is 27.5. The molecule has 8 atom stereocenters. The van der Waals surface area contributed by atoms with Gasteiger partial charge in [-0.3, -0.25) is 9.59 Å². The van der Waals surface area contributed by atoms with Crippen LogP contribution in [0.3, 0.4) is 0 Å². The number of Topliss-reactive ketones (excluding diaryl/α,β-unsaturated/α-hetero) is 1. The number of rotatable bonds is 2. The summed E-state index contributed by atoms with van der Waals surface area (Å²) in [6.07, 6.45) is 11.8. The Morgan fingerprint density at radius 1 is 0.974 bits per heavy atom. The zero-order valence-corrected chi connectivity index (χ0v) is 25.0. The molecule has 0 saturated heterocycles. The molecule has 208 valence electrons. The minimum Gasteiger partial charge on any atom is -0.339 e. The van der Waals surface area contributed by atoms with Gasteiger partial charge in [0.05, 0.1) is 5.41 Å². The molecule has 0 spiro atoms.